The van der Waals surface area contributed by atoms with Crippen LogP contribution in [0.3, 0.4) is 0 Å². The van der Waals surface area contributed by atoms with Crippen molar-refractivity contribution < 1.29 is 0 Å². The standard InChI is InChI=1S/C17H26N2/c1-4-7-15-12(3)18-17-13(5-2)8-6-11-19(17)16(15)14-9-10-14/h13H,4-11H2,1-3H3. The molecule has 0 aromatic rings. The molecule has 2 fully saturated rings. The molecular formula is C17H26N2. The average molecular weight is 258 g/mol. The largest absolute Gasteiger partial charge is 0.329 e. The molecule has 1 aliphatic carbocycles. The van der Waals surface area contributed by atoms with Gasteiger partial charge in [-0.25, -0.2) is 4.99 Å². The van der Waals surface area contributed by atoms with E-state index in [1.165, 1.54) is 68.6 Å². The lowest BCUT2D eigenvalue weighted by Crippen LogP contribution is -2.43. The Morgan fingerprint density at radius 3 is 2.68 bits per heavy atom. The summed E-state index contributed by atoms with van der Waals surface area (Å²) in [6, 6.07) is 0. The summed E-state index contributed by atoms with van der Waals surface area (Å²) in [7, 11) is 0. The molecule has 0 radical (unpaired) electrons. The lowest BCUT2D eigenvalue weighted by Gasteiger charge is -2.41. The third kappa shape index (κ3) is 2.26. The van der Waals surface area contributed by atoms with Gasteiger partial charge in [-0.05, 0) is 56.6 Å². The molecule has 2 aliphatic heterocycles. The molecule has 0 spiro atoms. The summed E-state index contributed by atoms with van der Waals surface area (Å²) in [6.45, 7) is 8.00. The van der Waals surface area contributed by atoms with Crippen molar-refractivity contribution in [3.63, 3.8) is 0 Å². The summed E-state index contributed by atoms with van der Waals surface area (Å²) in [5, 5.41) is 0. The van der Waals surface area contributed by atoms with E-state index in [-0.39, 0.29) is 0 Å². The highest BCUT2D eigenvalue weighted by molar-refractivity contribution is 5.90. The van der Waals surface area contributed by atoms with E-state index in [0.717, 1.165) is 0 Å². The molecular weight excluding hydrogens is 232 g/mol. The molecule has 1 saturated carbocycles. The first-order valence-corrected chi connectivity index (χ1v) is 8.04. The molecule has 19 heavy (non-hydrogen) atoms. The van der Waals surface area contributed by atoms with Gasteiger partial charge in [0.2, 0.25) is 0 Å². The minimum absolute atomic E-state index is 0.682. The molecule has 1 unspecified atom stereocenters. The fourth-order valence-electron chi connectivity index (χ4n) is 3.55. The van der Waals surface area contributed by atoms with Crippen molar-refractivity contribution >= 4 is 5.84 Å². The van der Waals surface area contributed by atoms with Crippen LogP contribution in [0.5, 0.6) is 0 Å². The number of hydrogen-bond donors (Lipinski definition) is 0. The number of nitrogens with zero attached hydrogens (tertiary/aromatic N) is 2. The molecule has 0 amide bonds. The van der Waals surface area contributed by atoms with Gasteiger partial charge < -0.3 is 4.90 Å². The summed E-state index contributed by atoms with van der Waals surface area (Å²) in [4.78, 5) is 7.59. The van der Waals surface area contributed by atoms with Gasteiger partial charge in [-0.3, -0.25) is 0 Å². The van der Waals surface area contributed by atoms with E-state index in [9.17, 15) is 0 Å². The molecule has 0 aromatic heterocycles. The predicted octanol–water partition coefficient (Wildman–Crippen LogP) is 4.64. The Morgan fingerprint density at radius 1 is 1.26 bits per heavy atom. The van der Waals surface area contributed by atoms with Crippen LogP contribution in [-0.4, -0.2) is 17.3 Å². The second kappa shape index (κ2) is 5.15. The number of hydrogen-bond acceptors (Lipinski definition) is 2. The fourth-order valence-corrected chi connectivity index (χ4v) is 3.55. The fraction of sp³-hybridized carbons (Fsp3) is 0.706. The van der Waals surface area contributed by atoms with E-state index in [2.05, 4.69) is 25.7 Å². The van der Waals surface area contributed by atoms with Gasteiger partial charge in [0.05, 0.1) is 0 Å². The summed E-state index contributed by atoms with van der Waals surface area (Å²) in [5.74, 6) is 2.06. The Labute approximate surface area is 117 Å². The molecule has 2 heteroatoms. The second-order valence-electron chi connectivity index (χ2n) is 6.14. The van der Waals surface area contributed by atoms with Crippen LogP contribution in [0.4, 0.5) is 0 Å². The Morgan fingerprint density at radius 2 is 2.05 bits per heavy atom. The summed E-state index contributed by atoms with van der Waals surface area (Å²) < 4.78 is 0. The topological polar surface area (TPSA) is 15.6 Å². The van der Waals surface area contributed by atoms with Gasteiger partial charge in [0.15, 0.2) is 0 Å². The molecule has 0 aromatic carbocycles. The van der Waals surface area contributed by atoms with Crippen LogP contribution in [0.2, 0.25) is 0 Å². The maximum absolute atomic E-state index is 5.00. The van der Waals surface area contributed by atoms with E-state index in [1.54, 1.807) is 11.3 Å². The van der Waals surface area contributed by atoms with Crippen LogP contribution in [0, 0.1) is 5.92 Å². The van der Waals surface area contributed by atoms with Gasteiger partial charge in [0.25, 0.3) is 0 Å². The van der Waals surface area contributed by atoms with Gasteiger partial charge in [0, 0.05) is 23.9 Å². The summed E-state index contributed by atoms with van der Waals surface area (Å²) in [5.41, 5.74) is 6.10. The zero-order valence-electron chi connectivity index (χ0n) is 12.6. The zero-order chi connectivity index (χ0) is 13.4. The molecule has 2 nitrogen and oxygen atoms in total. The third-order valence-electron chi connectivity index (χ3n) is 4.68. The monoisotopic (exact) mass is 258 g/mol. The lowest BCUT2D eigenvalue weighted by atomic mass is 9.90. The Balaban J connectivity index is 2.05. The van der Waals surface area contributed by atoms with Gasteiger partial charge in [-0.2, -0.15) is 0 Å². The van der Waals surface area contributed by atoms with Crippen LogP contribution >= 0.6 is 0 Å². The van der Waals surface area contributed by atoms with Crippen LogP contribution < -0.4 is 0 Å². The van der Waals surface area contributed by atoms with E-state index >= 15 is 0 Å². The van der Waals surface area contributed by atoms with E-state index in [1.807, 2.05) is 0 Å². The van der Waals surface area contributed by atoms with Crippen molar-refractivity contribution in [2.75, 3.05) is 6.54 Å². The Hall–Kier alpha value is -1.05. The van der Waals surface area contributed by atoms with Crippen molar-refractivity contribution in [1.29, 1.82) is 0 Å². The van der Waals surface area contributed by atoms with E-state index in [4.69, 9.17) is 4.99 Å². The van der Waals surface area contributed by atoms with Crippen molar-refractivity contribution in [2.24, 2.45) is 10.9 Å². The highest BCUT2D eigenvalue weighted by atomic mass is 15.2. The number of fused-ring (bicyclic) bond motifs is 1. The lowest BCUT2D eigenvalue weighted by molar-refractivity contribution is 0.372. The number of piperidine rings is 1. The minimum atomic E-state index is 0.682. The predicted molar refractivity (Wildman–Crippen MR) is 81.0 cm³/mol. The molecule has 3 aliphatic rings. The van der Waals surface area contributed by atoms with Crippen molar-refractivity contribution in [1.82, 2.24) is 4.90 Å². The van der Waals surface area contributed by atoms with Gasteiger partial charge in [-0.15, -0.1) is 0 Å². The molecule has 3 rings (SSSR count). The summed E-state index contributed by atoms with van der Waals surface area (Å²) >= 11 is 0. The third-order valence-corrected chi connectivity index (χ3v) is 4.68. The van der Waals surface area contributed by atoms with Crippen LogP contribution in [-0.2, 0) is 0 Å². The first-order chi connectivity index (χ1) is 9.26. The minimum Gasteiger partial charge on any atom is -0.329 e. The van der Waals surface area contributed by atoms with Crippen molar-refractivity contribution in [2.45, 2.75) is 65.7 Å². The number of aliphatic imine (C=N–C) groups is 1. The maximum atomic E-state index is 5.00. The molecule has 1 saturated heterocycles. The highest BCUT2D eigenvalue weighted by Crippen LogP contribution is 2.43. The first kappa shape index (κ1) is 13.0. The van der Waals surface area contributed by atoms with Crippen LogP contribution in [0.25, 0.3) is 0 Å². The van der Waals surface area contributed by atoms with Gasteiger partial charge in [0.1, 0.15) is 5.84 Å². The van der Waals surface area contributed by atoms with Crippen molar-refractivity contribution in [3.05, 3.63) is 22.5 Å². The quantitative estimate of drug-likeness (QED) is 0.720. The van der Waals surface area contributed by atoms with Crippen LogP contribution in [0.1, 0.15) is 65.7 Å². The second-order valence-corrected chi connectivity index (χ2v) is 6.14. The highest BCUT2D eigenvalue weighted by Gasteiger charge is 2.35. The van der Waals surface area contributed by atoms with Gasteiger partial charge >= 0.3 is 0 Å². The average Bonchev–Trinajstić information content (AvgIpc) is 3.23. The maximum Gasteiger partial charge on any atom is 0.112 e. The Bertz CT molecular complexity index is 462. The molecule has 0 N–H and O–H groups in total. The number of amidine groups is 1. The van der Waals surface area contributed by atoms with Crippen LogP contribution in [0.15, 0.2) is 27.5 Å². The van der Waals surface area contributed by atoms with E-state index in [0.29, 0.717) is 5.92 Å². The number of rotatable bonds is 3. The Kier molecular flexibility index (Phi) is 3.51. The summed E-state index contributed by atoms with van der Waals surface area (Å²) in [6.07, 6.45) is 8.92. The van der Waals surface area contributed by atoms with Crippen molar-refractivity contribution in [3.8, 4) is 0 Å². The van der Waals surface area contributed by atoms with E-state index < -0.39 is 0 Å². The first-order valence-electron chi connectivity index (χ1n) is 8.04. The molecule has 0 bridgehead atoms. The zero-order valence-corrected chi connectivity index (χ0v) is 12.6. The molecule has 104 valence electrons. The smallest absolute Gasteiger partial charge is 0.112 e. The molecule has 2 heterocycles. The molecule has 1 atom stereocenters. The number of allylic oxidation sites excluding steroid dienone is 3. The van der Waals surface area contributed by atoms with Gasteiger partial charge in [-0.1, -0.05) is 20.3 Å². The normalized spacial score (nSPS) is 26.6. The SMILES string of the molecule is CCCC1=C(C)N=C2C(CC)CCCN2C1=C1CC1.